The van der Waals surface area contributed by atoms with E-state index in [2.05, 4.69) is 46.2 Å². The van der Waals surface area contributed by atoms with E-state index in [0.29, 0.717) is 5.11 Å². The van der Waals surface area contributed by atoms with Crippen LogP contribution in [0.25, 0.3) is 0 Å². The standard InChI is InChI=1S/C23H21IN2OS/c1-2-16-15-19(24)13-14-20(16)25-23(28)26-22(27)21(17-9-5-3-6-10-17)18-11-7-4-8-12-18/h3-15,21H,2H2,1H3,(H2,25,26,27,28). The quantitative estimate of drug-likeness (QED) is 0.359. The molecule has 0 spiro atoms. The fourth-order valence-corrected chi connectivity index (χ4v) is 3.87. The summed E-state index contributed by atoms with van der Waals surface area (Å²) in [7, 11) is 0. The predicted octanol–water partition coefficient (Wildman–Crippen LogP) is 5.50. The molecule has 0 aliphatic carbocycles. The van der Waals surface area contributed by atoms with Crippen LogP contribution in [-0.4, -0.2) is 11.0 Å². The molecule has 1 amide bonds. The number of hydrogen-bond acceptors (Lipinski definition) is 2. The molecule has 142 valence electrons. The van der Waals surface area contributed by atoms with E-state index >= 15 is 0 Å². The summed E-state index contributed by atoms with van der Waals surface area (Å²) in [4.78, 5) is 13.1. The van der Waals surface area contributed by atoms with Crippen LogP contribution < -0.4 is 10.6 Å². The highest BCUT2D eigenvalue weighted by Gasteiger charge is 2.23. The summed E-state index contributed by atoms with van der Waals surface area (Å²) in [6.07, 6.45) is 0.881. The second kappa shape index (κ2) is 9.80. The van der Waals surface area contributed by atoms with E-state index in [0.717, 1.165) is 28.8 Å². The summed E-state index contributed by atoms with van der Waals surface area (Å²) in [6, 6.07) is 25.6. The third-order valence-electron chi connectivity index (χ3n) is 4.46. The number of aryl methyl sites for hydroxylation is 1. The molecule has 0 aliphatic rings. The lowest BCUT2D eigenvalue weighted by Gasteiger charge is -2.19. The number of carbonyl (C=O) groups is 1. The number of carbonyl (C=O) groups excluding carboxylic acids is 1. The molecular formula is C23H21IN2OS. The van der Waals surface area contributed by atoms with Gasteiger partial charge in [0.25, 0.3) is 0 Å². The van der Waals surface area contributed by atoms with Crippen molar-refractivity contribution in [2.45, 2.75) is 19.3 Å². The van der Waals surface area contributed by atoms with Gasteiger partial charge in [-0.05, 0) is 76.1 Å². The minimum absolute atomic E-state index is 0.154. The van der Waals surface area contributed by atoms with Gasteiger partial charge in [-0.25, -0.2) is 0 Å². The molecule has 3 nitrogen and oxygen atoms in total. The number of rotatable bonds is 5. The monoisotopic (exact) mass is 500 g/mol. The number of benzene rings is 3. The maximum absolute atomic E-state index is 13.1. The molecule has 0 aromatic heterocycles. The number of nitrogens with one attached hydrogen (secondary N) is 2. The zero-order chi connectivity index (χ0) is 19.9. The van der Waals surface area contributed by atoms with E-state index in [4.69, 9.17) is 12.2 Å². The first kappa shape index (κ1) is 20.5. The van der Waals surface area contributed by atoms with Gasteiger partial charge in [-0.3, -0.25) is 4.79 Å². The maximum atomic E-state index is 13.1. The summed E-state index contributed by atoms with van der Waals surface area (Å²) < 4.78 is 1.17. The van der Waals surface area contributed by atoms with E-state index < -0.39 is 5.92 Å². The molecule has 0 saturated carbocycles. The van der Waals surface area contributed by atoms with Crippen LogP contribution in [0, 0.1) is 3.57 Å². The molecule has 3 aromatic carbocycles. The molecule has 0 aliphatic heterocycles. The van der Waals surface area contributed by atoms with Gasteiger partial charge >= 0.3 is 0 Å². The van der Waals surface area contributed by atoms with Crippen LogP contribution in [0.2, 0.25) is 0 Å². The van der Waals surface area contributed by atoms with Gasteiger partial charge < -0.3 is 10.6 Å². The van der Waals surface area contributed by atoms with Crippen molar-refractivity contribution in [3.63, 3.8) is 0 Å². The molecule has 0 radical (unpaired) electrons. The largest absolute Gasteiger partial charge is 0.332 e. The average molecular weight is 500 g/mol. The van der Waals surface area contributed by atoms with Gasteiger partial charge in [0.1, 0.15) is 0 Å². The highest BCUT2D eigenvalue weighted by Crippen LogP contribution is 2.25. The Balaban J connectivity index is 1.80. The molecule has 3 aromatic rings. The summed E-state index contributed by atoms with van der Waals surface area (Å²) in [5.74, 6) is -0.581. The Bertz CT molecular complexity index is 921. The highest BCUT2D eigenvalue weighted by molar-refractivity contribution is 14.1. The lowest BCUT2D eigenvalue weighted by atomic mass is 9.90. The van der Waals surface area contributed by atoms with Crippen molar-refractivity contribution >= 4 is 51.5 Å². The molecule has 0 atom stereocenters. The van der Waals surface area contributed by atoms with Gasteiger partial charge in [-0.2, -0.15) is 0 Å². The molecule has 0 fully saturated rings. The fraction of sp³-hybridized carbons (Fsp3) is 0.130. The van der Waals surface area contributed by atoms with E-state index in [-0.39, 0.29) is 5.91 Å². The molecule has 3 rings (SSSR count). The van der Waals surface area contributed by atoms with Crippen molar-refractivity contribution in [2.75, 3.05) is 5.32 Å². The summed E-state index contributed by atoms with van der Waals surface area (Å²) in [5.41, 5.74) is 3.94. The molecule has 0 saturated heterocycles. The number of hydrogen-bond donors (Lipinski definition) is 2. The zero-order valence-corrected chi connectivity index (χ0v) is 18.5. The normalized spacial score (nSPS) is 10.5. The first-order chi connectivity index (χ1) is 13.6. The van der Waals surface area contributed by atoms with E-state index in [1.807, 2.05) is 72.8 Å². The van der Waals surface area contributed by atoms with Crippen LogP contribution >= 0.6 is 34.8 Å². The van der Waals surface area contributed by atoms with E-state index in [9.17, 15) is 4.79 Å². The van der Waals surface area contributed by atoms with Crippen LogP contribution in [0.1, 0.15) is 29.5 Å². The van der Waals surface area contributed by atoms with Gasteiger partial charge in [0, 0.05) is 9.26 Å². The fourth-order valence-electron chi connectivity index (χ4n) is 3.10. The lowest BCUT2D eigenvalue weighted by Crippen LogP contribution is -2.38. The predicted molar refractivity (Wildman–Crippen MR) is 128 cm³/mol. The smallest absolute Gasteiger partial charge is 0.238 e. The highest BCUT2D eigenvalue weighted by atomic mass is 127. The second-order valence-electron chi connectivity index (χ2n) is 6.35. The lowest BCUT2D eigenvalue weighted by molar-refractivity contribution is -0.120. The minimum Gasteiger partial charge on any atom is -0.332 e. The van der Waals surface area contributed by atoms with Gasteiger partial charge in [0.05, 0.1) is 5.92 Å². The van der Waals surface area contributed by atoms with Crippen molar-refractivity contribution < 1.29 is 4.79 Å². The third-order valence-corrected chi connectivity index (χ3v) is 5.34. The molecule has 28 heavy (non-hydrogen) atoms. The molecule has 0 heterocycles. The molecule has 2 N–H and O–H groups in total. The molecule has 0 bridgehead atoms. The molecular weight excluding hydrogens is 479 g/mol. The topological polar surface area (TPSA) is 41.1 Å². The van der Waals surface area contributed by atoms with E-state index in [1.165, 1.54) is 3.57 Å². The van der Waals surface area contributed by atoms with Crippen molar-refractivity contribution in [1.29, 1.82) is 0 Å². The Morgan fingerprint density at radius 3 is 2.07 bits per heavy atom. The summed E-state index contributed by atoms with van der Waals surface area (Å²) in [5, 5.41) is 6.35. The Morgan fingerprint density at radius 1 is 0.964 bits per heavy atom. The second-order valence-corrected chi connectivity index (χ2v) is 8.01. The molecule has 5 heteroatoms. The Labute approximate surface area is 184 Å². The van der Waals surface area contributed by atoms with Crippen LogP contribution in [0.5, 0.6) is 0 Å². The van der Waals surface area contributed by atoms with Crippen LogP contribution in [-0.2, 0) is 11.2 Å². The number of anilines is 1. The number of amides is 1. The first-order valence-corrected chi connectivity index (χ1v) is 10.6. The van der Waals surface area contributed by atoms with Crippen molar-refractivity contribution in [3.05, 3.63) is 99.1 Å². The van der Waals surface area contributed by atoms with E-state index in [1.54, 1.807) is 0 Å². The van der Waals surface area contributed by atoms with Crippen molar-refractivity contribution in [1.82, 2.24) is 5.32 Å². The van der Waals surface area contributed by atoms with Crippen LogP contribution in [0.3, 0.4) is 0 Å². The maximum Gasteiger partial charge on any atom is 0.238 e. The van der Waals surface area contributed by atoms with Gasteiger partial charge in [0.2, 0.25) is 5.91 Å². The van der Waals surface area contributed by atoms with Crippen LogP contribution in [0.4, 0.5) is 5.69 Å². The number of thiocarbonyl (C=S) groups is 1. The van der Waals surface area contributed by atoms with Gasteiger partial charge in [0.15, 0.2) is 5.11 Å². The third kappa shape index (κ3) is 5.17. The minimum atomic E-state index is -0.426. The number of halogens is 1. The zero-order valence-electron chi connectivity index (χ0n) is 15.5. The summed E-state index contributed by atoms with van der Waals surface area (Å²) in [6.45, 7) is 2.10. The van der Waals surface area contributed by atoms with Crippen LogP contribution in [0.15, 0.2) is 78.9 Å². The van der Waals surface area contributed by atoms with Gasteiger partial charge in [-0.15, -0.1) is 0 Å². The Morgan fingerprint density at radius 2 is 1.54 bits per heavy atom. The van der Waals surface area contributed by atoms with Crippen molar-refractivity contribution in [2.24, 2.45) is 0 Å². The first-order valence-electron chi connectivity index (χ1n) is 9.08. The SMILES string of the molecule is CCc1cc(I)ccc1NC(=S)NC(=O)C(c1ccccc1)c1ccccc1. The summed E-state index contributed by atoms with van der Waals surface area (Å²) >= 11 is 7.72. The Kier molecular flexibility index (Phi) is 7.17. The van der Waals surface area contributed by atoms with Crippen molar-refractivity contribution in [3.8, 4) is 0 Å². The van der Waals surface area contributed by atoms with Gasteiger partial charge in [-0.1, -0.05) is 67.6 Å². The molecule has 0 unspecified atom stereocenters. The average Bonchev–Trinajstić information content (AvgIpc) is 2.71. The Hall–Kier alpha value is -2.25.